The number of benzene rings is 1. The predicted octanol–water partition coefficient (Wildman–Crippen LogP) is 1.73. The van der Waals surface area contributed by atoms with Gasteiger partial charge in [0.25, 0.3) is 0 Å². The van der Waals surface area contributed by atoms with Crippen molar-refractivity contribution < 1.29 is 9.53 Å². The van der Waals surface area contributed by atoms with Gasteiger partial charge < -0.3 is 10.1 Å². The minimum absolute atomic E-state index is 0.0911. The monoisotopic (exact) mass is 205 g/mol. The molecule has 0 bridgehead atoms. The fourth-order valence-corrected chi connectivity index (χ4v) is 1.31. The number of rotatable bonds is 5. The summed E-state index contributed by atoms with van der Waals surface area (Å²) in [6.07, 6.45) is 2.70. The van der Waals surface area contributed by atoms with E-state index in [9.17, 15) is 4.79 Å². The summed E-state index contributed by atoms with van der Waals surface area (Å²) in [6, 6.07) is 9.98. The minimum atomic E-state index is 0.0911. The molecule has 1 aromatic carbocycles. The maximum Gasteiger partial charge on any atom is 0.223 e. The Morgan fingerprint density at radius 1 is 1.33 bits per heavy atom. The lowest BCUT2D eigenvalue weighted by molar-refractivity contribution is -0.121. The molecule has 0 unspecified atom stereocenters. The maximum atomic E-state index is 11.3. The van der Waals surface area contributed by atoms with Gasteiger partial charge in [-0.1, -0.05) is 18.2 Å². The van der Waals surface area contributed by atoms with E-state index in [1.54, 1.807) is 0 Å². The zero-order valence-electron chi connectivity index (χ0n) is 8.61. The van der Waals surface area contributed by atoms with E-state index in [1.807, 2.05) is 30.3 Å². The Labute approximate surface area is 89.4 Å². The van der Waals surface area contributed by atoms with Crippen LogP contribution in [0.1, 0.15) is 19.3 Å². The van der Waals surface area contributed by atoms with E-state index in [-0.39, 0.29) is 5.91 Å². The van der Waals surface area contributed by atoms with Crippen LogP contribution in [0.25, 0.3) is 0 Å². The zero-order chi connectivity index (χ0) is 10.5. The van der Waals surface area contributed by atoms with Crippen molar-refractivity contribution in [1.82, 2.24) is 5.32 Å². The van der Waals surface area contributed by atoms with Crippen LogP contribution >= 0.6 is 0 Å². The van der Waals surface area contributed by atoms with Crippen molar-refractivity contribution >= 4 is 5.91 Å². The summed E-state index contributed by atoms with van der Waals surface area (Å²) in [4.78, 5) is 11.3. The van der Waals surface area contributed by atoms with Gasteiger partial charge >= 0.3 is 0 Å². The van der Waals surface area contributed by atoms with E-state index in [1.165, 1.54) is 0 Å². The predicted molar refractivity (Wildman–Crippen MR) is 57.7 cm³/mol. The standard InChI is InChI=1S/C12H15NO2/c14-12(13-10-6-7-10)8-9-15-11-4-2-1-3-5-11/h1-5,10H,6-9H2,(H,13,14). The first kappa shape index (κ1) is 10.0. The first-order chi connectivity index (χ1) is 7.34. The zero-order valence-corrected chi connectivity index (χ0v) is 8.61. The molecule has 1 aromatic rings. The molecule has 15 heavy (non-hydrogen) atoms. The van der Waals surface area contributed by atoms with Gasteiger partial charge in [-0.15, -0.1) is 0 Å². The molecule has 0 saturated heterocycles. The van der Waals surface area contributed by atoms with Gasteiger partial charge in [-0.3, -0.25) is 4.79 Å². The lowest BCUT2D eigenvalue weighted by Gasteiger charge is -2.05. The molecular formula is C12H15NO2. The van der Waals surface area contributed by atoms with Crippen LogP contribution < -0.4 is 10.1 Å². The third-order valence-electron chi connectivity index (χ3n) is 2.28. The summed E-state index contributed by atoms with van der Waals surface area (Å²) in [5.41, 5.74) is 0. The van der Waals surface area contributed by atoms with Crippen molar-refractivity contribution in [3.05, 3.63) is 30.3 Å². The Morgan fingerprint density at radius 3 is 2.73 bits per heavy atom. The number of amides is 1. The first-order valence-electron chi connectivity index (χ1n) is 5.32. The molecule has 0 radical (unpaired) electrons. The molecule has 0 spiro atoms. The molecule has 0 atom stereocenters. The smallest absolute Gasteiger partial charge is 0.223 e. The second-order valence-electron chi connectivity index (χ2n) is 3.75. The lowest BCUT2D eigenvalue weighted by atomic mass is 10.3. The fraction of sp³-hybridized carbons (Fsp3) is 0.417. The number of para-hydroxylation sites is 1. The van der Waals surface area contributed by atoms with Crippen molar-refractivity contribution in [2.45, 2.75) is 25.3 Å². The Morgan fingerprint density at radius 2 is 2.07 bits per heavy atom. The Bertz CT molecular complexity index is 320. The van der Waals surface area contributed by atoms with Gasteiger partial charge in [0.2, 0.25) is 5.91 Å². The molecule has 0 aromatic heterocycles. The van der Waals surface area contributed by atoms with E-state index < -0.39 is 0 Å². The van der Waals surface area contributed by atoms with Crippen molar-refractivity contribution in [3.63, 3.8) is 0 Å². The Hall–Kier alpha value is -1.51. The third-order valence-corrected chi connectivity index (χ3v) is 2.28. The number of carbonyl (C=O) groups excluding carboxylic acids is 1. The quantitative estimate of drug-likeness (QED) is 0.795. The average molecular weight is 205 g/mol. The molecule has 80 valence electrons. The van der Waals surface area contributed by atoms with Crippen LogP contribution in [-0.4, -0.2) is 18.6 Å². The summed E-state index contributed by atoms with van der Waals surface area (Å²) in [5, 5.41) is 2.92. The molecule has 1 aliphatic rings. The van der Waals surface area contributed by atoms with Crippen molar-refractivity contribution in [1.29, 1.82) is 0 Å². The maximum absolute atomic E-state index is 11.3. The number of carbonyl (C=O) groups is 1. The highest BCUT2D eigenvalue weighted by molar-refractivity contribution is 5.76. The molecule has 0 aliphatic heterocycles. The highest BCUT2D eigenvalue weighted by atomic mass is 16.5. The van der Waals surface area contributed by atoms with E-state index in [4.69, 9.17) is 4.74 Å². The Balaban J connectivity index is 1.63. The van der Waals surface area contributed by atoms with Crippen LogP contribution in [0, 0.1) is 0 Å². The molecule has 3 nitrogen and oxygen atoms in total. The molecule has 1 aliphatic carbocycles. The van der Waals surface area contributed by atoms with E-state index in [0.717, 1.165) is 18.6 Å². The third kappa shape index (κ3) is 3.62. The summed E-state index contributed by atoms with van der Waals surface area (Å²) in [7, 11) is 0. The summed E-state index contributed by atoms with van der Waals surface area (Å²) >= 11 is 0. The minimum Gasteiger partial charge on any atom is -0.493 e. The molecule has 0 heterocycles. The highest BCUT2D eigenvalue weighted by Gasteiger charge is 2.22. The van der Waals surface area contributed by atoms with Gasteiger partial charge in [0, 0.05) is 6.04 Å². The van der Waals surface area contributed by atoms with Crippen LogP contribution in [-0.2, 0) is 4.79 Å². The molecule has 1 fully saturated rings. The van der Waals surface area contributed by atoms with Gasteiger partial charge in [-0.05, 0) is 25.0 Å². The van der Waals surface area contributed by atoms with Crippen LogP contribution in [0.5, 0.6) is 5.75 Å². The molecule has 1 N–H and O–H groups in total. The molecule has 1 amide bonds. The fourth-order valence-electron chi connectivity index (χ4n) is 1.31. The number of nitrogens with one attached hydrogen (secondary N) is 1. The number of ether oxygens (including phenoxy) is 1. The normalized spacial score (nSPS) is 14.7. The topological polar surface area (TPSA) is 38.3 Å². The van der Waals surface area contributed by atoms with Gasteiger partial charge in [-0.2, -0.15) is 0 Å². The summed E-state index contributed by atoms with van der Waals surface area (Å²) in [5.74, 6) is 0.908. The summed E-state index contributed by atoms with van der Waals surface area (Å²) in [6.45, 7) is 0.447. The van der Waals surface area contributed by atoms with Crippen molar-refractivity contribution in [2.75, 3.05) is 6.61 Å². The SMILES string of the molecule is O=C(CCOc1ccccc1)NC1CC1. The Kier molecular flexibility index (Phi) is 3.22. The van der Waals surface area contributed by atoms with Crippen LogP contribution in [0.4, 0.5) is 0 Å². The molecule has 3 heteroatoms. The average Bonchev–Trinajstić information content (AvgIpc) is 3.03. The van der Waals surface area contributed by atoms with E-state index in [0.29, 0.717) is 19.1 Å². The van der Waals surface area contributed by atoms with Gasteiger partial charge in [0.15, 0.2) is 0 Å². The molecule has 1 saturated carbocycles. The second kappa shape index (κ2) is 4.82. The van der Waals surface area contributed by atoms with Gasteiger partial charge in [0.1, 0.15) is 5.75 Å². The molecular weight excluding hydrogens is 190 g/mol. The number of hydrogen-bond acceptors (Lipinski definition) is 2. The van der Waals surface area contributed by atoms with Crippen LogP contribution in [0.2, 0.25) is 0 Å². The molecule has 2 rings (SSSR count). The van der Waals surface area contributed by atoms with Crippen LogP contribution in [0.15, 0.2) is 30.3 Å². The largest absolute Gasteiger partial charge is 0.493 e. The highest BCUT2D eigenvalue weighted by Crippen LogP contribution is 2.18. The summed E-state index contributed by atoms with van der Waals surface area (Å²) < 4.78 is 5.42. The van der Waals surface area contributed by atoms with Gasteiger partial charge in [-0.25, -0.2) is 0 Å². The van der Waals surface area contributed by atoms with Crippen molar-refractivity contribution in [2.24, 2.45) is 0 Å². The van der Waals surface area contributed by atoms with Crippen molar-refractivity contribution in [3.8, 4) is 5.75 Å². The van der Waals surface area contributed by atoms with Gasteiger partial charge in [0.05, 0.1) is 13.0 Å². The second-order valence-corrected chi connectivity index (χ2v) is 3.75. The first-order valence-corrected chi connectivity index (χ1v) is 5.32. The lowest BCUT2D eigenvalue weighted by Crippen LogP contribution is -2.26. The number of hydrogen-bond donors (Lipinski definition) is 1. The van der Waals surface area contributed by atoms with E-state index in [2.05, 4.69) is 5.32 Å². The van der Waals surface area contributed by atoms with Crippen LogP contribution in [0.3, 0.4) is 0 Å². The van der Waals surface area contributed by atoms with E-state index >= 15 is 0 Å².